The van der Waals surface area contributed by atoms with Gasteiger partial charge in [0.25, 0.3) is 0 Å². The number of aromatic amines is 1. The lowest BCUT2D eigenvalue weighted by atomic mass is 10.2. The van der Waals surface area contributed by atoms with E-state index in [0.717, 1.165) is 0 Å². The molecule has 2 heterocycles. The van der Waals surface area contributed by atoms with Crippen LogP contribution in [0.3, 0.4) is 0 Å². The molecule has 0 radical (unpaired) electrons. The van der Waals surface area contributed by atoms with Gasteiger partial charge in [0.2, 0.25) is 5.91 Å². The van der Waals surface area contributed by atoms with Crippen molar-refractivity contribution in [1.29, 1.82) is 0 Å². The number of H-pyrrole nitrogens is 1. The fourth-order valence-electron chi connectivity index (χ4n) is 1.92. The van der Waals surface area contributed by atoms with Crippen LogP contribution in [0.4, 0.5) is 10.5 Å². The zero-order valence-electron chi connectivity index (χ0n) is 9.23. The lowest BCUT2D eigenvalue weighted by molar-refractivity contribution is -0.120. The first kappa shape index (κ1) is 10.6. The molecule has 0 atom stereocenters. The third-order valence-electron chi connectivity index (χ3n) is 2.77. The van der Waals surface area contributed by atoms with Crippen molar-refractivity contribution >= 4 is 28.7 Å². The van der Waals surface area contributed by atoms with Crippen LogP contribution in [-0.4, -0.2) is 23.5 Å². The number of aromatic nitrogens is 1. The third-order valence-corrected chi connectivity index (χ3v) is 2.77. The highest BCUT2D eigenvalue weighted by atomic mass is 16.4. The van der Waals surface area contributed by atoms with Crippen LogP contribution in [0.5, 0.6) is 0 Å². The van der Waals surface area contributed by atoms with Gasteiger partial charge in [-0.1, -0.05) is 0 Å². The maximum absolute atomic E-state index is 11.6. The normalized spacial score (nSPS) is 16.1. The standard InChI is InChI=1S/C11H9N3O4/c15-9-3-4-14(10(16)13-9)6-1-2-8-7(5-6)12-11(17)18-8/h1-2,5H,3-4H2,(H,12,17)(H,13,15,16). The summed E-state index contributed by atoms with van der Waals surface area (Å²) in [7, 11) is 0. The van der Waals surface area contributed by atoms with Crippen molar-refractivity contribution < 1.29 is 14.0 Å². The SMILES string of the molecule is O=C1CCN(c2ccc3oc(=O)[nH]c3c2)C(=O)N1. The van der Waals surface area contributed by atoms with E-state index in [1.165, 1.54) is 4.90 Å². The van der Waals surface area contributed by atoms with Crippen molar-refractivity contribution in [2.45, 2.75) is 6.42 Å². The molecule has 3 amide bonds. The van der Waals surface area contributed by atoms with Crippen LogP contribution in [0.1, 0.15) is 6.42 Å². The number of amides is 3. The van der Waals surface area contributed by atoms with E-state index in [2.05, 4.69) is 10.3 Å². The molecule has 0 saturated carbocycles. The number of carbonyl (C=O) groups excluding carboxylic acids is 2. The fraction of sp³-hybridized carbons (Fsp3) is 0.182. The summed E-state index contributed by atoms with van der Waals surface area (Å²) in [6, 6.07) is 4.44. The van der Waals surface area contributed by atoms with Gasteiger partial charge in [-0.2, -0.15) is 0 Å². The monoisotopic (exact) mass is 247 g/mol. The number of nitrogens with one attached hydrogen (secondary N) is 2. The van der Waals surface area contributed by atoms with Crippen molar-refractivity contribution in [2.24, 2.45) is 0 Å². The Hall–Kier alpha value is -2.57. The molecule has 2 aromatic rings. The van der Waals surface area contributed by atoms with E-state index in [1.54, 1.807) is 18.2 Å². The molecule has 1 aromatic heterocycles. The van der Waals surface area contributed by atoms with Crippen molar-refractivity contribution in [2.75, 3.05) is 11.4 Å². The third kappa shape index (κ3) is 1.65. The van der Waals surface area contributed by atoms with E-state index >= 15 is 0 Å². The summed E-state index contributed by atoms with van der Waals surface area (Å²) in [5.74, 6) is -0.825. The number of urea groups is 1. The Balaban J connectivity index is 2.01. The number of carbonyl (C=O) groups is 2. The van der Waals surface area contributed by atoms with E-state index in [9.17, 15) is 14.4 Å². The van der Waals surface area contributed by atoms with Gasteiger partial charge in [0.15, 0.2) is 5.58 Å². The zero-order chi connectivity index (χ0) is 12.7. The average molecular weight is 247 g/mol. The Morgan fingerprint density at radius 1 is 1.22 bits per heavy atom. The molecule has 1 aliphatic heterocycles. The van der Waals surface area contributed by atoms with Gasteiger partial charge in [-0.05, 0) is 18.2 Å². The summed E-state index contributed by atoms with van der Waals surface area (Å²) in [6.45, 7) is 0.318. The number of hydrogen-bond donors (Lipinski definition) is 2. The minimum atomic E-state index is -0.541. The number of imide groups is 1. The molecule has 1 fully saturated rings. The van der Waals surface area contributed by atoms with Crippen LogP contribution in [0, 0.1) is 0 Å². The Bertz CT molecular complexity index is 700. The van der Waals surface area contributed by atoms with Gasteiger partial charge < -0.3 is 4.42 Å². The maximum Gasteiger partial charge on any atom is 0.417 e. The van der Waals surface area contributed by atoms with E-state index in [-0.39, 0.29) is 12.3 Å². The Morgan fingerprint density at radius 2 is 2.06 bits per heavy atom. The number of hydrogen-bond acceptors (Lipinski definition) is 4. The van der Waals surface area contributed by atoms with Gasteiger partial charge in [-0.25, -0.2) is 9.59 Å². The van der Waals surface area contributed by atoms with Crippen LogP contribution < -0.4 is 16.0 Å². The van der Waals surface area contributed by atoms with E-state index in [1.807, 2.05) is 0 Å². The molecule has 3 rings (SSSR count). The number of anilines is 1. The highest BCUT2D eigenvalue weighted by Gasteiger charge is 2.24. The zero-order valence-corrected chi connectivity index (χ0v) is 9.23. The number of nitrogens with zero attached hydrogens (tertiary/aromatic N) is 1. The molecule has 0 aliphatic carbocycles. The van der Waals surface area contributed by atoms with Gasteiger partial charge >= 0.3 is 11.8 Å². The molecular formula is C11H9N3O4. The molecule has 0 unspecified atom stereocenters. The molecule has 18 heavy (non-hydrogen) atoms. The van der Waals surface area contributed by atoms with Crippen molar-refractivity contribution in [3.05, 3.63) is 28.7 Å². The first-order valence-electron chi connectivity index (χ1n) is 5.38. The first-order chi connectivity index (χ1) is 8.63. The molecule has 0 bridgehead atoms. The lowest BCUT2D eigenvalue weighted by Gasteiger charge is -2.26. The topological polar surface area (TPSA) is 95.4 Å². The highest BCUT2D eigenvalue weighted by Crippen LogP contribution is 2.21. The van der Waals surface area contributed by atoms with Gasteiger partial charge in [0, 0.05) is 18.7 Å². The largest absolute Gasteiger partial charge is 0.417 e. The van der Waals surface area contributed by atoms with Crippen LogP contribution in [0.15, 0.2) is 27.4 Å². The van der Waals surface area contributed by atoms with Crippen molar-refractivity contribution in [3.8, 4) is 0 Å². The molecule has 1 aliphatic rings. The predicted molar refractivity (Wildman–Crippen MR) is 62.3 cm³/mol. The summed E-state index contributed by atoms with van der Waals surface area (Å²) >= 11 is 0. The molecule has 7 nitrogen and oxygen atoms in total. The second-order valence-electron chi connectivity index (χ2n) is 3.95. The van der Waals surface area contributed by atoms with Crippen LogP contribution in [0.2, 0.25) is 0 Å². The number of oxazole rings is 1. The van der Waals surface area contributed by atoms with E-state index < -0.39 is 11.8 Å². The molecule has 1 aromatic carbocycles. The van der Waals surface area contributed by atoms with E-state index in [0.29, 0.717) is 23.3 Å². The fourth-order valence-corrected chi connectivity index (χ4v) is 1.92. The van der Waals surface area contributed by atoms with Crippen LogP contribution in [-0.2, 0) is 4.79 Å². The van der Waals surface area contributed by atoms with Crippen LogP contribution in [0.25, 0.3) is 11.1 Å². The van der Waals surface area contributed by atoms with Crippen molar-refractivity contribution in [3.63, 3.8) is 0 Å². The molecule has 92 valence electrons. The molecule has 2 N–H and O–H groups in total. The number of rotatable bonds is 1. The summed E-state index contributed by atoms with van der Waals surface area (Å²) < 4.78 is 4.87. The molecule has 1 saturated heterocycles. The molecular weight excluding hydrogens is 238 g/mol. The Labute approximate surface area is 100 Å². The summed E-state index contributed by atoms with van der Waals surface area (Å²) in [4.78, 5) is 37.7. The maximum atomic E-state index is 11.6. The van der Waals surface area contributed by atoms with Gasteiger partial charge in [0.05, 0.1) is 5.52 Å². The first-order valence-corrected chi connectivity index (χ1v) is 5.38. The van der Waals surface area contributed by atoms with Gasteiger partial charge in [0.1, 0.15) is 0 Å². The molecule has 0 spiro atoms. The summed E-state index contributed by atoms with van der Waals surface area (Å²) in [5.41, 5.74) is 1.55. The van der Waals surface area contributed by atoms with Gasteiger partial charge in [-0.3, -0.25) is 20.0 Å². The second kappa shape index (κ2) is 3.73. The highest BCUT2D eigenvalue weighted by molar-refractivity contribution is 6.06. The number of fused-ring (bicyclic) bond motifs is 1. The van der Waals surface area contributed by atoms with E-state index in [4.69, 9.17) is 4.42 Å². The second-order valence-corrected chi connectivity index (χ2v) is 3.95. The Kier molecular flexibility index (Phi) is 2.19. The smallest absolute Gasteiger partial charge is 0.408 e. The summed E-state index contributed by atoms with van der Waals surface area (Å²) in [6.07, 6.45) is 0.256. The lowest BCUT2D eigenvalue weighted by Crippen LogP contribution is -2.49. The molecule has 7 heteroatoms. The van der Waals surface area contributed by atoms with Crippen molar-refractivity contribution in [1.82, 2.24) is 10.3 Å². The minimum absolute atomic E-state index is 0.256. The number of benzene rings is 1. The quantitative estimate of drug-likeness (QED) is 0.769. The predicted octanol–water partition coefficient (Wildman–Crippen LogP) is 0.567. The van der Waals surface area contributed by atoms with Crippen LogP contribution >= 0.6 is 0 Å². The average Bonchev–Trinajstić information content (AvgIpc) is 2.68. The minimum Gasteiger partial charge on any atom is -0.408 e. The van der Waals surface area contributed by atoms with Gasteiger partial charge in [-0.15, -0.1) is 0 Å². The Morgan fingerprint density at radius 3 is 2.83 bits per heavy atom. The summed E-state index contributed by atoms with van der Waals surface area (Å²) in [5, 5.41) is 2.23.